The zero-order valence-electron chi connectivity index (χ0n) is 48.8. The van der Waals surface area contributed by atoms with Crippen molar-refractivity contribution in [3.63, 3.8) is 0 Å². The van der Waals surface area contributed by atoms with Gasteiger partial charge in [-0.1, -0.05) is 67.9 Å². The molecule has 0 aliphatic carbocycles. The van der Waals surface area contributed by atoms with E-state index >= 15 is 0 Å². The molecule has 5 aliphatic heterocycles. The molecule has 0 spiro atoms. The van der Waals surface area contributed by atoms with Crippen LogP contribution in [0.3, 0.4) is 0 Å². The van der Waals surface area contributed by atoms with Crippen molar-refractivity contribution < 1.29 is 97.4 Å². The van der Waals surface area contributed by atoms with Crippen LogP contribution in [-0.2, 0) is 61.6 Å². The molecule has 0 bridgehead atoms. The zero-order valence-corrected chi connectivity index (χ0v) is 48.8. The fourth-order valence-corrected chi connectivity index (χ4v) is 11.6. The number of rotatable bonds is 15. The van der Waals surface area contributed by atoms with Crippen molar-refractivity contribution in [1.82, 2.24) is 0 Å². The van der Waals surface area contributed by atoms with Crippen molar-refractivity contribution in [1.29, 1.82) is 0 Å². The Kier molecular flexibility index (Phi) is 25.2. The van der Waals surface area contributed by atoms with Crippen molar-refractivity contribution >= 4 is 5.97 Å². The molecule has 7 N–H and O–H groups in total. The molecule has 4 saturated heterocycles. The Morgan fingerprint density at radius 3 is 2.10 bits per heavy atom. The molecule has 0 radical (unpaired) electrons. The first-order valence-corrected chi connectivity index (χ1v) is 27.8. The van der Waals surface area contributed by atoms with Crippen LogP contribution in [-0.4, -0.2) is 205 Å². The number of aliphatic hydroxyl groups is 7. The largest absolute Gasteiger partial charge is 0.456 e. The molecule has 5 aliphatic rings. The summed E-state index contributed by atoms with van der Waals surface area (Å²) in [5.41, 5.74) is 1.25. The summed E-state index contributed by atoms with van der Waals surface area (Å²) < 4.78 is 72.4. The minimum absolute atomic E-state index is 0.00843. The number of esters is 1. The maximum atomic E-state index is 14.1. The third kappa shape index (κ3) is 17.0. The third-order valence-electron chi connectivity index (χ3n) is 16.3. The molecule has 0 aromatic rings. The van der Waals surface area contributed by atoms with E-state index in [-0.39, 0.29) is 43.8 Å². The Labute approximate surface area is 462 Å². The highest BCUT2D eigenvalue weighted by molar-refractivity contribution is 5.88. The van der Waals surface area contributed by atoms with Crippen LogP contribution >= 0.6 is 0 Å². The lowest BCUT2D eigenvalue weighted by molar-refractivity contribution is -0.366. The van der Waals surface area contributed by atoms with Crippen molar-refractivity contribution in [2.75, 3.05) is 35.0 Å². The summed E-state index contributed by atoms with van der Waals surface area (Å²) >= 11 is 0. The van der Waals surface area contributed by atoms with Crippen molar-refractivity contribution in [3.05, 3.63) is 58.7 Å². The Morgan fingerprint density at radius 2 is 1.46 bits per heavy atom. The molecule has 4 fully saturated rings. The van der Waals surface area contributed by atoms with Gasteiger partial charge in [0.2, 0.25) is 5.79 Å². The van der Waals surface area contributed by atoms with Gasteiger partial charge in [0.15, 0.2) is 18.9 Å². The van der Waals surface area contributed by atoms with Crippen LogP contribution in [0.25, 0.3) is 0 Å². The van der Waals surface area contributed by atoms with Crippen LogP contribution in [0.15, 0.2) is 58.7 Å². The summed E-state index contributed by atoms with van der Waals surface area (Å²) in [6.07, 6.45) is -3.94. The SMILES string of the molecule is COCC(CC1OC(O)(C(O)C2CC(OC)CCCC=C(C)C=CC(OC3OC(C)C(OC)C(O)C3O)C(C)C=C(C)C=C(C)C=C(C)C(=O)O2)C(C)C(O)C1C)OC1CC(C)(O)C(OC2CC(OC)C(O)C(C)O2)C(C)O1. The number of aliphatic hydroxyl groups excluding tert-OH is 5. The lowest BCUT2D eigenvalue weighted by atomic mass is 9.76. The Balaban J connectivity index is 1.35. The van der Waals surface area contributed by atoms with Crippen LogP contribution in [0.5, 0.6) is 0 Å². The minimum atomic E-state index is -2.45. The highest BCUT2D eigenvalue weighted by atomic mass is 16.7. The standard InChI is InChI=1S/C58H96O20/c1-30-18-16-17-19-40(68-13)25-45(75-55(64)34(5)24-32(3)22-31(2)23-33(4)42(21-20-30)76-56-51(62)50(61)52(70-15)38(9)73-56)53(63)58(66)36(7)48(59)35(6)43(78-58)26-41(29-67-12)74-47-28-57(11,65)54(39(10)72-47)77-46-27-44(69-14)49(60)37(8)71-46/h18,20-24,33,35-54,56,59-63,65-66H,16-17,19,25-29H2,1-15H3. The summed E-state index contributed by atoms with van der Waals surface area (Å²) in [5.74, 6) is -5.11. The smallest absolute Gasteiger partial charge is 0.334 e. The van der Waals surface area contributed by atoms with E-state index in [2.05, 4.69) is 6.08 Å². The number of carbonyl (C=O) groups is 1. The molecular formula is C58H96O20. The average Bonchev–Trinajstić information content (AvgIpc) is 3.41. The molecule has 5 rings (SSSR count). The third-order valence-corrected chi connectivity index (χ3v) is 16.3. The normalized spacial score (nSPS) is 43.1. The van der Waals surface area contributed by atoms with Crippen LogP contribution in [0, 0.1) is 17.8 Å². The maximum absolute atomic E-state index is 14.1. The monoisotopic (exact) mass is 1110 g/mol. The molecule has 20 heteroatoms. The first-order chi connectivity index (χ1) is 36.7. The number of ether oxygens (including phenoxy) is 12. The van der Waals surface area contributed by atoms with Crippen molar-refractivity contribution in [2.24, 2.45) is 17.8 Å². The Morgan fingerprint density at radius 1 is 0.769 bits per heavy atom. The predicted octanol–water partition coefficient (Wildman–Crippen LogP) is 4.62. The second-order valence-corrected chi connectivity index (χ2v) is 22.9. The minimum Gasteiger partial charge on any atom is -0.456 e. The van der Waals surface area contributed by atoms with Gasteiger partial charge in [-0.3, -0.25) is 0 Å². The topological polar surface area (TPSA) is 269 Å². The molecule has 20 nitrogen and oxygen atoms in total. The molecule has 24 atom stereocenters. The fourth-order valence-electron chi connectivity index (χ4n) is 11.6. The second kappa shape index (κ2) is 29.6. The van der Waals surface area contributed by atoms with E-state index in [1.165, 1.54) is 28.4 Å². The molecule has 448 valence electrons. The molecular weight excluding hydrogens is 1020 g/mol. The molecule has 0 aromatic heterocycles. The van der Waals surface area contributed by atoms with Crippen molar-refractivity contribution in [3.8, 4) is 0 Å². The molecule has 0 amide bonds. The van der Waals surface area contributed by atoms with Gasteiger partial charge in [-0.05, 0) is 80.7 Å². The second-order valence-electron chi connectivity index (χ2n) is 22.9. The molecule has 24 unspecified atom stereocenters. The van der Waals surface area contributed by atoms with Gasteiger partial charge in [-0.25, -0.2) is 4.79 Å². The summed E-state index contributed by atoms with van der Waals surface area (Å²) in [6, 6.07) is 0. The van der Waals surface area contributed by atoms with Crippen LogP contribution in [0.1, 0.15) is 121 Å². The zero-order chi connectivity index (χ0) is 58.0. The number of allylic oxidation sites excluding steroid dienone is 7. The number of carbonyl (C=O) groups excluding carboxylic acids is 1. The van der Waals surface area contributed by atoms with E-state index in [9.17, 15) is 40.5 Å². The number of hydrogen-bond acceptors (Lipinski definition) is 20. The number of cyclic esters (lactones) is 1. The number of hydrogen-bond donors (Lipinski definition) is 7. The van der Waals surface area contributed by atoms with Gasteiger partial charge in [-0.2, -0.15) is 0 Å². The van der Waals surface area contributed by atoms with Crippen molar-refractivity contribution in [2.45, 2.75) is 249 Å². The van der Waals surface area contributed by atoms with Gasteiger partial charge in [0, 0.05) is 77.4 Å². The van der Waals surface area contributed by atoms with Crippen LogP contribution < -0.4 is 0 Å². The van der Waals surface area contributed by atoms with Crippen LogP contribution in [0.4, 0.5) is 0 Å². The Bertz CT molecular complexity index is 2040. The summed E-state index contributed by atoms with van der Waals surface area (Å²) in [6.45, 7) is 19.5. The molecule has 5 heterocycles. The van der Waals surface area contributed by atoms with E-state index < -0.39 is 146 Å². The van der Waals surface area contributed by atoms with Gasteiger partial charge in [0.1, 0.15) is 42.7 Å². The predicted molar refractivity (Wildman–Crippen MR) is 286 cm³/mol. The molecule has 0 aromatic carbocycles. The van der Waals surface area contributed by atoms with E-state index in [1.807, 2.05) is 52.0 Å². The fraction of sp³-hybridized carbons (Fsp3) is 0.810. The van der Waals surface area contributed by atoms with E-state index in [0.29, 0.717) is 24.8 Å². The summed E-state index contributed by atoms with van der Waals surface area (Å²) in [7, 11) is 5.99. The van der Waals surface area contributed by atoms with Gasteiger partial charge >= 0.3 is 5.97 Å². The highest BCUT2D eigenvalue weighted by Crippen LogP contribution is 2.43. The quantitative estimate of drug-likeness (QED) is 0.110. The molecule has 78 heavy (non-hydrogen) atoms. The van der Waals surface area contributed by atoms with Gasteiger partial charge in [-0.15, -0.1) is 0 Å². The first-order valence-electron chi connectivity index (χ1n) is 27.8. The van der Waals surface area contributed by atoms with Gasteiger partial charge in [0.25, 0.3) is 0 Å². The number of methoxy groups -OCH3 is 4. The summed E-state index contributed by atoms with van der Waals surface area (Å²) in [5, 5.41) is 81.0. The lowest BCUT2D eigenvalue weighted by Crippen LogP contribution is -2.65. The maximum Gasteiger partial charge on any atom is 0.334 e. The highest BCUT2D eigenvalue weighted by Gasteiger charge is 2.57. The average molecular weight is 1110 g/mol. The lowest BCUT2D eigenvalue weighted by Gasteiger charge is -2.51. The summed E-state index contributed by atoms with van der Waals surface area (Å²) in [4.78, 5) is 14.1. The van der Waals surface area contributed by atoms with Crippen LogP contribution in [0.2, 0.25) is 0 Å². The van der Waals surface area contributed by atoms with Gasteiger partial charge < -0.3 is 92.6 Å². The van der Waals surface area contributed by atoms with E-state index in [4.69, 9.17) is 56.8 Å². The first kappa shape index (κ1) is 66.3. The Hall–Kier alpha value is -2.55. The van der Waals surface area contributed by atoms with E-state index in [0.717, 1.165) is 11.1 Å². The molecule has 0 saturated carbocycles. The van der Waals surface area contributed by atoms with Gasteiger partial charge in [0.05, 0.1) is 67.1 Å². The van der Waals surface area contributed by atoms with E-state index in [1.54, 1.807) is 54.5 Å².